The molecular weight excluding hydrogens is 286 g/mol. The van der Waals surface area contributed by atoms with Gasteiger partial charge in [-0.15, -0.1) is 0 Å². The highest BCUT2D eigenvalue weighted by Gasteiger charge is 2.25. The summed E-state index contributed by atoms with van der Waals surface area (Å²) in [7, 11) is 4.08. The number of anilines is 1. The lowest BCUT2D eigenvalue weighted by Gasteiger charge is -2.27. The van der Waals surface area contributed by atoms with Gasteiger partial charge in [0.2, 0.25) is 0 Å². The van der Waals surface area contributed by atoms with Crippen molar-refractivity contribution in [3.63, 3.8) is 0 Å². The Labute approximate surface area is 138 Å². The molecule has 0 aliphatic heterocycles. The van der Waals surface area contributed by atoms with Crippen LogP contribution < -0.4 is 10.2 Å². The quantitative estimate of drug-likeness (QED) is 0.921. The second kappa shape index (κ2) is 6.71. The number of fused-ring (bicyclic) bond motifs is 1. The van der Waals surface area contributed by atoms with Crippen LogP contribution in [0.15, 0.2) is 24.5 Å². The maximum atomic E-state index is 4.60. The van der Waals surface area contributed by atoms with Crippen LogP contribution in [0.4, 0.5) is 5.82 Å². The van der Waals surface area contributed by atoms with Crippen molar-refractivity contribution in [3.05, 3.63) is 41.3 Å². The van der Waals surface area contributed by atoms with E-state index in [4.69, 9.17) is 0 Å². The van der Waals surface area contributed by atoms with Gasteiger partial charge in [0.05, 0.1) is 11.9 Å². The highest BCUT2D eigenvalue weighted by Crippen LogP contribution is 2.31. The Balaban J connectivity index is 1.80. The molecule has 3 rings (SSSR count). The number of aryl methyl sites for hydroxylation is 1. The lowest BCUT2D eigenvalue weighted by molar-refractivity contribution is 0.402. The van der Waals surface area contributed by atoms with Crippen LogP contribution in [0, 0.1) is 0 Å². The third-order valence-corrected chi connectivity index (χ3v) is 4.50. The number of nitrogens with zero attached hydrogens (tertiary/aromatic N) is 4. The number of aromatic nitrogens is 3. The first kappa shape index (κ1) is 16.0. The van der Waals surface area contributed by atoms with Crippen molar-refractivity contribution in [1.82, 2.24) is 20.1 Å². The van der Waals surface area contributed by atoms with Crippen molar-refractivity contribution >= 4 is 5.82 Å². The molecule has 2 heterocycles. The van der Waals surface area contributed by atoms with E-state index in [-0.39, 0.29) is 0 Å². The Hall–Kier alpha value is -1.88. The lowest BCUT2D eigenvalue weighted by atomic mass is 9.93. The molecule has 0 spiro atoms. The summed E-state index contributed by atoms with van der Waals surface area (Å²) in [4.78, 5) is 6.56. The molecule has 2 aromatic heterocycles. The van der Waals surface area contributed by atoms with Crippen LogP contribution in [-0.2, 0) is 13.0 Å². The summed E-state index contributed by atoms with van der Waals surface area (Å²) in [5, 5.41) is 8.35. The maximum absolute atomic E-state index is 4.60. The Morgan fingerprint density at radius 3 is 2.96 bits per heavy atom. The van der Waals surface area contributed by atoms with E-state index in [9.17, 15) is 0 Å². The van der Waals surface area contributed by atoms with Gasteiger partial charge in [-0.3, -0.25) is 4.68 Å². The maximum Gasteiger partial charge on any atom is 0.132 e. The van der Waals surface area contributed by atoms with Gasteiger partial charge in [0, 0.05) is 44.5 Å². The standard InChI is InChI=1S/C18H27N5/c1-13(2)23-17-14(12-21-23)7-5-9-16(17)20-11-15-8-6-10-19-18(15)22(3)4/h6,8,10,12-13,16,20H,5,7,9,11H2,1-4H3. The Bertz CT molecular complexity index is 659. The number of hydrogen-bond donors (Lipinski definition) is 1. The van der Waals surface area contributed by atoms with Crippen molar-refractivity contribution in [1.29, 1.82) is 0 Å². The third kappa shape index (κ3) is 3.24. The molecule has 0 fully saturated rings. The first-order chi connectivity index (χ1) is 11.1. The fourth-order valence-electron chi connectivity index (χ4n) is 3.43. The second-order valence-corrected chi connectivity index (χ2v) is 6.80. The van der Waals surface area contributed by atoms with Crippen LogP contribution in [0.2, 0.25) is 0 Å². The molecule has 2 aromatic rings. The van der Waals surface area contributed by atoms with Gasteiger partial charge < -0.3 is 10.2 Å². The molecule has 1 atom stereocenters. The monoisotopic (exact) mass is 313 g/mol. The Morgan fingerprint density at radius 2 is 2.22 bits per heavy atom. The van der Waals surface area contributed by atoms with E-state index in [1.54, 1.807) is 0 Å². The van der Waals surface area contributed by atoms with Crippen molar-refractivity contribution < 1.29 is 0 Å². The molecule has 0 aromatic carbocycles. The fraction of sp³-hybridized carbons (Fsp3) is 0.556. The molecular formula is C18H27N5. The SMILES string of the molecule is CC(C)n1ncc2c1C(NCc1cccnc1N(C)C)CCC2. The fourth-order valence-corrected chi connectivity index (χ4v) is 3.43. The molecule has 5 nitrogen and oxygen atoms in total. The largest absolute Gasteiger partial charge is 0.362 e. The normalized spacial score (nSPS) is 17.3. The van der Waals surface area contributed by atoms with Crippen LogP contribution in [0.5, 0.6) is 0 Å². The molecule has 124 valence electrons. The van der Waals surface area contributed by atoms with E-state index in [1.165, 1.54) is 29.7 Å². The molecule has 1 aliphatic carbocycles. The van der Waals surface area contributed by atoms with Crippen LogP contribution in [0.25, 0.3) is 0 Å². The summed E-state index contributed by atoms with van der Waals surface area (Å²) in [5.74, 6) is 1.04. The van der Waals surface area contributed by atoms with Crippen LogP contribution >= 0.6 is 0 Å². The van der Waals surface area contributed by atoms with Gasteiger partial charge in [-0.1, -0.05) is 6.07 Å². The zero-order valence-electron chi connectivity index (χ0n) is 14.6. The lowest BCUT2D eigenvalue weighted by Crippen LogP contribution is -2.28. The zero-order valence-corrected chi connectivity index (χ0v) is 14.6. The van der Waals surface area contributed by atoms with Gasteiger partial charge in [0.25, 0.3) is 0 Å². The number of hydrogen-bond acceptors (Lipinski definition) is 4. The Morgan fingerprint density at radius 1 is 1.39 bits per heavy atom. The molecule has 1 unspecified atom stereocenters. The first-order valence-electron chi connectivity index (χ1n) is 8.48. The van der Waals surface area contributed by atoms with E-state index in [0.717, 1.165) is 18.8 Å². The number of rotatable bonds is 5. The number of pyridine rings is 1. The zero-order chi connectivity index (χ0) is 16.4. The summed E-state index contributed by atoms with van der Waals surface area (Å²) in [6.45, 7) is 5.23. The smallest absolute Gasteiger partial charge is 0.132 e. The first-order valence-corrected chi connectivity index (χ1v) is 8.48. The van der Waals surface area contributed by atoms with Gasteiger partial charge >= 0.3 is 0 Å². The molecule has 23 heavy (non-hydrogen) atoms. The predicted octanol–water partition coefficient (Wildman–Crippen LogP) is 3.09. The molecule has 1 aliphatic rings. The average Bonchev–Trinajstić information content (AvgIpc) is 2.98. The molecule has 0 bridgehead atoms. The van der Waals surface area contributed by atoms with E-state index in [0.29, 0.717) is 12.1 Å². The second-order valence-electron chi connectivity index (χ2n) is 6.80. The minimum Gasteiger partial charge on any atom is -0.362 e. The third-order valence-electron chi connectivity index (χ3n) is 4.50. The Kier molecular flexibility index (Phi) is 4.66. The average molecular weight is 313 g/mol. The van der Waals surface area contributed by atoms with E-state index in [1.807, 2.05) is 26.4 Å². The summed E-state index contributed by atoms with van der Waals surface area (Å²) >= 11 is 0. The van der Waals surface area contributed by atoms with Gasteiger partial charge in [-0.25, -0.2) is 4.98 Å². The molecule has 1 N–H and O–H groups in total. The minimum atomic E-state index is 0.374. The summed E-state index contributed by atoms with van der Waals surface area (Å²) in [6.07, 6.45) is 7.45. The van der Waals surface area contributed by atoms with E-state index >= 15 is 0 Å². The molecule has 5 heteroatoms. The minimum absolute atomic E-state index is 0.374. The summed E-state index contributed by atoms with van der Waals surface area (Å²) in [5.41, 5.74) is 4.02. The van der Waals surface area contributed by atoms with Gasteiger partial charge in [0.1, 0.15) is 5.82 Å². The van der Waals surface area contributed by atoms with Gasteiger partial charge in [-0.05, 0) is 44.7 Å². The van der Waals surface area contributed by atoms with Crippen molar-refractivity contribution in [2.24, 2.45) is 0 Å². The van der Waals surface area contributed by atoms with Crippen molar-refractivity contribution in [2.75, 3.05) is 19.0 Å². The van der Waals surface area contributed by atoms with Crippen LogP contribution in [-0.4, -0.2) is 28.9 Å². The summed E-state index contributed by atoms with van der Waals surface area (Å²) in [6, 6.07) is 4.93. The molecule has 0 amide bonds. The highest BCUT2D eigenvalue weighted by molar-refractivity contribution is 5.45. The highest BCUT2D eigenvalue weighted by atomic mass is 15.3. The van der Waals surface area contributed by atoms with Gasteiger partial charge in [0.15, 0.2) is 0 Å². The van der Waals surface area contributed by atoms with Crippen molar-refractivity contribution in [3.8, 4) is 0 Å². The van der Waals surface area contributed by atoms with E-state index < -0.39 is 0 Å². The van der Waals surface area contributed by atoms with E-state index in [2.05, 4.69) is 51.1 Å². The van der Waals surface area contributed by atoms with Crippen LogP contribution in [0.1, 0.15) is 55.6 Å². The van der Waals surface area contributed by atoms with Gasteiger partial charge in [-0.2, -0.15) is 5.10 Å². The van der Waals surface area contributed by atoms with Crippen molar-refractivity contribution in [2.45, 2.75) is 51.7 Å². The van der Waals surface area contributed by atoms with Crippen LogP contribution in [0.3, 0.4) is 0 Å². The topological polar surface area (TPSA) is 46.0 Å². The molecule has 0 saturated heterocycles. The predicted molar refractivity (Wildman–Crippen MR) is 93.7 cm³/mol. The molecule has 0 radical (unpaired) electrons. The summed E-state index contributed by atoms with van der Waals surface area (Å²) < 4.78 is 2.18. The number of nitrogens with one attached hydrogen (secondary N) is 1. The molecule has 0 saturated carbocycles.